The summed E-state index contributed by atoms with van der Waals surface area (Å²) in [7, 11) is -3.93. The van der Waals surface area contributed by atoms with E-state index in [9.17, 15) is 22.9 Å². The number of non-ortho nitro benzene ring substituents is 1. The van der Waals surface area contributed by atoms with Crippen molar-refractivity contribution in [2.24, 2.45) is 0 Å². The van der Waals surface area contributed by atoms with Crippen LogP contribution in [0, 0.1) is 29.8 Å². The lowest BCUT2D eigenvalue weighted by Crippen LogP contribution is -2.27. The van der Waals surface area contributed by atoms with E-state index in [0.29, 0.717) is 16.7 Å². The molecule has 0 saturated heterocycles. The molecule has 1 N–H and O–H groups in total. The topological polar surface area (TPSA) is 89.3 Å². The molecule has 128 valence electrons. The molecule has 0 radical (unpaired) electrons. The molecule has 0 spiro atoms. The van der Waals surface area contributed by atoms with Crippen LogP contribution in [0.15, 0.2) is 41.3 Å². The highest BCUT2D eigenvalue weighted by Crippen LogP contribution is 2.25. The highest BCUT2D eigenvalue weighted by Gasteiger charge is 2.22. The third kappa shape index (κ3) is 3.95. The molecule has 0 bridgehead atoms. The SMILES string of the molecule is Cc1cc([N+](=O)[O-])cc(S(=O)(=O)NCCc2ccccc2F)c1C. The number of halogens is 1. The van der Waals surface area contributed by atoms with Gasteiger partial charge in [-0.2, -0.15) is 0 Å². The highest BCUT2D eigenvalue weighted by atomic mass is 32.2. The van der Waals surface area contributed by atoms with Gasteiger partial charge in [0.2, 0.25) is 10.0 Å². The monoisotopic (exact) mass is 352 g/mol. The molecule has 0 unspecified atom stereocenters. The van der Waals surface area contributed by atoms with Crippen LogP contribution in [0.25, 0.3) is 0 Å². The molecule has 0 amide bonds. The fourth-order valence-electron chi connectivity index (χ4n) is 2.29. The van der Waals surface area contributed by atoms with Crippen LogP contribution in [0.4, 0.5) is 10.1 Å². The summed E-state index contributed by atoms with van der Waals surface area (Å²) in [5.41, 5.74) is 1.07. The maximum atomic E-state index is 13.5. The smallest absolute Gasteiger partial charge is 0.258 e. The van der Waals surface area contributed by atoms with Crippen molar-refractivity contribution in [2.45, 2.75) is 25.2 Å². The van der Waals surface area contributed by atoms with Crippen LogP contribution in [-0.2, 0) is 16.4 Å². The Hall–Kier alpha value is -2.32. The van der Waals surface area contributed by atoms with Crippen molar-refractivity contribution in [3.63, 3.8) is 0 Å². The molecule has 0 aliphatic heterocycles. The highest BCUT2D eigenvalue weighted by molar-refractivity contribution is 7.89. The number of rotatable bonds is 6. The molecule has 2 aromatic carbocycles. The fourth-order valence-corrected chi connectivity index (χ4v) is 3.66. The molecule has 2 aromatic rings. The van der Waals surface area contributed by atoms with Crippen LogP contribution in [0.5, 0.6) is 0 Å². The van der Waals surface area contributed by atoms with Crippen molar-refractivity contribution in [3.8, 4) is 0 Å². The summed E-state index contributed by atoms with van der Waals surface area (Å²) in [6, 6.07) is 8.46. The van der Waals surface area contributed by atoms with E-state index in [2.05, 4.69) is 4.72 Å². The summed E-state index contributed by atoms with van der Waals surface area (Å²) >= 11 is 0. The summed E-state index contributed by atoms with van der Waals surface area (Å²) < 4.78 is 40.8. The minimum atomic E-state index is -3.93. The van der Waals surface area contributed by atoms with Gasteiger partial charge in [-0.05, 0) is 43.0 Å². The quantitative estimate of drug-likeness (QED) is 0.639. The second-order valence-electron chi connectivity index (χ2n) is 5.38. The van der Waals surface area contributed by atoms with Gasteiger partial charge in [0.05, 0.1) is 9.82 Å². The van der Waals surface area contributed by atoms with Crippen molar-refractivity contribution in [2.75, 3.05) is 6.54 Å². The number of nitro benzene ring substituents is 1. The Labute approximate surface area is 139 Å². The van der Waals surface area contributed by atoms with E-state index in [1.54, 1.807) is 32.0 Å². The third-order valence-corrected chi connectivity index (χ3v) is 5.34. The maximum absolute atomic E-state index is 13.5. The van der Waals surface area contributed by atoms with Gasteiger partial charge in [0.25, 0.3) is 5.69 Å². The molecule has 0 fully saturated rings. The van der Waals surface area contributed by atoms with Crippen LogP contribution in [-0.4, -0.2) is 19.9 Å². The average Bonchev–Trinajstić information content (AvgIpc) is 2.51. The summed E-state index contributed by atoms with van der Waals surface area (Å²) in [5, 5.41) is 10.9. The standard InChI is InChI=1S/C16H17FN2O4S/c1-11-9-14(19(20)21)10-16(12(11)2)24(22,23)18-8-7-13-5-3-4-6-15(13)17/h3-6,9-10,18H,7-8H2,1-2H3. The second kappa shape index (κ2) is 7.06. The van der Waals surface area contributed by atoms with Gasteiger partial charge in [-0.25, -0.2) is 17.5 Å². The van der Waals surface area contributed by atoms with Crippen molar-refractivity contribution < 1.29 is 17.7 Å². The molecule has 6 nitrogen and oxygen atoms in total. The number of nitrogens with zero attached hydrogens (tertiary/aromatic N) is 1. The molecule has 0 aliphatic carbocycles. The first-order chi connectivity index (χ1) is 11.2. The van der Waals surface area contributed by atoms with Gasteiger partial charge in [-0.1, -0.05) is 18.2 Å². The Morgan fingerprint density at radius 1 is 1.21 bits per heavy atom. The zero-order valence-corrected chi connectivity index (χ0v) is 14.1. The van der Waals surface area contributed by atoms with Crippen LogP contribution in [0.2, 0.25) is 0 Å². The van der Waals surface area contributed by atoms with Gasteiger partial charge >= 0.3 is 0 Å². The Morgan fingerprint density at radius 3 is 2.50 bits per heavy atom. The van der Waals surface area contributed by atoms with E-state index in [0.717, 1.165) is 6.07 Å². The first-order valence-electron chi connectivity index (χ1n) is 7.21. The van der Waals surface area contributed by atoms with Gasteiger partial charge in [0.15, 0.2) is 0 Å². The number of benzene rings is 2. The zero-order valence-electron chi connectivity index (χ0n) is 13.2. The van der Waals surface area contributed by atoms with E-state index >= 15 is 0 Å². The summed E-state index contributed by atoms with van der Waals surface area (Å²) in [5.74, 6) is -0.404. The number of nitro groups is 1. The van der Waals surface area contributed by atoms with E-state index in [1.165, 1.54) is 12.1 Å². The lowest BCUT2D eigenvalue weighted by atomic mass is 10.1. The fraction of sp³-hybridized carbons (Fsp3) is 0.250. The van der Waals surface area contributed by atoms with Crippen LogP contribution in [0.1, 0.15) is 16.7 Å². The van der Waals surface area contributed by atoms with E-state index in [4.69, 9.17) is 0 Å². The van der Waals surface area contributed by atoms with Gasteiger partial charge in [-0.15, -0.1) is 0 Å². The number of nitrogens with one attached hydrogen (secondary N) is 1. The predicted molar refractivity (Wildman–Crippen MR) is 87.9 cm³/mol. The number of sulfonamides is 1. The maximum Gasteiger partial charge on any atom is 0.271 e. The molecule has 0 saturated carbocycles. The van der Waals surface area contributed by atoms with Crippen LogP contribution in [0.3, 0.4) is 0 Å². The van der Waals surface area contributed by atoms with Gasteiger partial charge in [0.1, 0.15) is 5.82 Å². The lowest BCUT2D eigenvalue weighted by molar-refractivity contribution is -0.385. The van der Waals surface area contributed by atoms with Gasteiger partial charge < -0.3 is 0 Å². The van der Waals surface area contributed by atoms with Gasteiger partial charge in [-0.3, -0.25) is 10.1 Å². The second-order valence-corrected chi connectivity index (χ2v) is 7.12. The predicted octanol–water partition coefficient (Wildman–Crippen LogP) is 2.87. The number of hydrogen-bond acceptors (Lipinski definition) is 4. The van der Waals surface area contributed by atoms with E-state index in [-0.39, 0.29) is 23.5 Å². The molecular formula is C16H17FN2O4S. The number of aryl methyl sites for hydroxylation is 1. The van der Waals surface area contributed by atoms with E-state index < -0.39 is 20.8 Å². The number of hydrogen-bond donors (Lipinski definition) is 1. The molecule has 0 aromatic heterocycles. The minimum absolute atomic E-state index is 0.00948. The Balaban J connectivity index is 2.22. The Kier molecular flexibility index (Phi) is 5.30. The molecule has 2 rings (SSSR count). The lowest BCUT2D eigenvalue weighted by Gasteiger charge is -2.11. The Bertz CT molecular complexity index is 882. The van der Waals surface area contributed by atoms with Crippen molar-refractivity contribution >= 4 is 15.7 Å². The summed E-state index contributed by atoms with van der Waals surface area (Å²) in [6.07, 6.45) is 0.179. The molecule has 0 heterocycles. The van der Waals surface area contributed by atoms with Crippen molar-refractivity contribution in [1.29, 1.82) is 0 Å². The van der Waals surface area contributed by atoms with Crippen molar-refractivity contribution in [3.05, 3.63) is 69.0 Å². The zero-order chi connectivity index (χ0) is 17.9. The molecule has 8 heteroatoms. The third-order valence-electron chi connectivity index (χ3n) is 3.75. The van der Waals surface area contributed by atoms with Crippen LogP contribution >= 0.6 is 0 Å². The largest absolute Gasteiger partial charge is 0.271 e. The summed E-state index contributed by atoms with van der Waals surface area (Å²) in [6.45, 7) is 3.19. The average molecular weight is 352 g/mol. The summed E-state index contributed by atoms with van der Waals surface area (Å²) in [4.78, 5) is 10.2. The first kappa shape index (κ1) is 18.0. The van der Waals surface area contributed by atoms with Crippen molar-refractivity contribution in [1.82, 2.24) is 4.72 Å². The first-order valence-corrected chi connectivity index (χ1v) is 8.69. The molecule has 0 atom stereocenters. The minimum Gasteiger partial charge on any atom is -0.258 e. The molecular weight excluding hydrogens is 335 g/mol. The van der Waals surface area contributed by atoms with E-state index in [1.807, 2.05) is 0 Å². The normalized spacial score (nSPS) is 11.5. The molecule has 0 aliphatic rings. The Morgan fingerprint density at radius 2 is 1.88 bits per heavy atom. The van der Waals surface area contributed by atoms with Crippen LogP contribution < -0.4 is 4.72 Å². The molecule has 24 heavy (non-hydrogen) atoms. The van der Waals surface area contributed by atoms with Gasteiger partial charge in [0, 0.05) is 18.7 Å².